The van der Waals surface area contributed by atoms with Crippen molar-refractivity contribution < 1.29 is 28.0 Å². The summed E-state index contributed by atoms with van der Waals surface area (Å²) in [6, 6.07) is 11.6. The molecule has 276 valence electrons. The average Bonchev–Trinajstić information content (AvgIpc) is 3.23. The second kappa shape index (κ2) is 14.9. The second-order valence-electron chi connectivity index (χ2n) is 15.8. The van der Waals surface area contributed by atoms with E-state index in [0.29, 0.717) is 37.0 Å². The normalized spacial score (nSPS) is 34.0. The summed E-state index contributed by atoms with van der Waals surface area (Å²) in [6.07, 6.45) is 12.0. The first kappa shape index (κ1) is 36.0. The van der Waals surface area contributed by atoms with Crippen LogP contribution in [0.3, 0.4) is 0 Å². The molecule has 8 atom stereocenters. The van der Waals surface area contributed by atoms with Gasteiger partial charge < -0.3 is 24.4 Å². The summed E-state index contributed by atoms with van der Waals surface area (Å²) >= 11 is 0. The molecule has 2 fully saturated rings. The Morgan fingerprint density at radius 1 is 1.14 bits per heavy atom. The number of nitrogens with one attached hydrogen (secondary N) is 2. The van der Waals surface area contributed by atoms with Crippen LogP contribution < -0.4 is 19.7 Å². The molecule has 3 amide bonds. The van der Waals surface area contributed by atoms with Crippen molar-refractivity contribution in [3.05, 3.63) is 70.8 Å². The fraction of sp³-hybridized carbons (Fsp3) is 0.600. The van der Waals surface area contributed by atoms with Gasteiger partial charge in [0.1, 0.15) is 15.7 Å². The molecule has 11 heteroatoms. The number of benzene rings is 2. The van der Waals surface area contributed by atoms with Gasteiger partial charge in [0.25, 0.3) is 5.91 Å². The van der Waals surface area contributed by atoms with Crippen molar-refractivity contribution in [2.24, 2.45) is 28.0 Å². The van der Waals surface area contributed by atoms with Crippen molar-refractivity contribution in [2.75, 3.05) is 51.2 Å². The van der Waals surface area contributed by atoms with E-state index in [0.717, 1.165) is 69.5 Å². The van der Waals surface area contributed by atoms with Crippen LogP contribution in [0.15, 0.2) is 52.9 Å². The summed E-state index contributed by atoms with van der Waals surface area (Å²) in [5, 5.41) is 2.95. The Morgan fingerprint density at radius 3 is 2.75 bits per heavy atom. The van der Waals surface area contributed by atoms with Crippen LogP contribution in [0.25, 0.3) is 0 Å². The number of allylic oxidation sites excluding steroid dienone is 1. The molecule has 2 bridgehead atoms. The minimum absolute atomic E-state index is 0.0349. The molecule has 0 saturated heterocycles. The van der Waals surface area contributed by atoms with E-state index in [2.05, 4.69) is 56.6 Å². The maximum absolute atomic E-state index is 14.5. The summed E-state index contributed by atoms with van der Waals surface area (Å²) in [6.45, 7) is 6.80. The monoisotopic (exact) mass is 718 g/mol. The van der Waals surface area contributed by atoms with Gasteiger partial charge in [-0.25, -0.2) is 9.00 Å². The van der Waals surface area contributed by atoms with E-state index in [4.69, 9.17) is 14.2 Å². The zero-order valence-corrected chi connectivity index (χ0v) is 31.3. The van der Waals surface area contributed by atoms with Gasteiger partial charge in [0.2, 0.25) is 0 Å². The first-order valence-corrected chi connectivity index (χ1v) is 20.4. The number of methoxy groups -OCH3 is 2. The third-order valence-corrected chi connectivity index (χ3v) is 14.1. The van der Waals surface area contributed by atoms with Crippen LogP contribution in [0.2, 0.25) is 0 Å². The number of carbonyl (C=O) groups excluding carboxylic acids is 2. The van der Waals surface area contributed by atoms with E-state index in [1.54, 1.807) is 20.3 Å². The van der Waals surface area contributed by atoms with Gasteiger partial charge in [-0.2, -0.15) is 0 Å². The number of nitrogens with zero attached hydrogens (tertiary/aromatic N) is 2. The van der Waals surface area contributed by atoms with Gasteiger partial charge in [-0.3, -0.25) is 9.52 Å². The Balaban J connectivity index is 1.25. The van der Waals surface area contributed by atoms with Crippen molar-refractivity contribution in [3.63, 3.8) is 0 Å². The Labute approximate surface area is 303 Å². The van der Waals surface area contributed by atoms with Crippen molar-refractivity contribution in [3.8, 4) is 5.75 Å². The molecule has 3 aliphatic carbocycles. The SMILES string of the molecule is COC[C@@H]1CC[C@H]1NC(=O)NS1(=O)=NC(=O)c2ccc3c(c2)N(C[C@@H]2CC[C@H]2[C@@H](OC)/C=C/C[C@H](C)C1)C[C@@]1(CCCc2cc(C)ccc21)CO3. The molecule has 1 spiro atoms. The number of carbonyl (C=O) groups is 2. The first-order chi connectivity index (χ1) is 24.6. The smallest absolute Gasteiger partial charge is 0.327 e. The molecule has 0 radical (unpaired) electrons. The van der Waals surface area contributed by atoms with Gasteiger partial charge in [0, 0.05) is 50.2 Å². The molecule has 5 aliphatic rings. The maximum atomic E-state index is 14.5. The highest BCUT2D eigenvalue weighted by atomic mass is 32.2. The Bertz CT molecular complexity index is 1790. The van der Waals surface area contributed by atoms with Gasteiger partial charge in [-0.15, -0.1) is 4.36 Å². The first-order valence-electron chi connectivity index (χ1n) is 18.8. The standard InChI is InChI=1S/C40H54N4O6S/c1-26-10-15-33-28(19-26)8-6-18-40(33)24-44-21-30-11-14-32(30)36(49-4)9-5-7-27(2)23-51(47,43-39(46)41-34-16-12-31(34)22-48-3)42-38(45)29-13-17-37(50-25-40)35(44)20-29/h5,9-10,13,15,17,19-20,27,30-32,34,36H,6-8,11-12,14,16,18,21-25H2,1-4H3,(H2,41,42,43,45,46,47)/b9-5+/t27-,30-,31-,32+,34+,36-,40-,51?/m0/s1. The summed E-state index contributed by atoms with van der Waals surface area (Å²) in [5.74, 6) is 1.02. The predicted molar refractivity (Wildman–Crippen MR) is 200 cm³/mol. The van der Waals surface area contributed by atoms with Crippen LogP contribution in [-0.2, 0) is 31.2 Å². The summed E-state index contributed by atoms with van der Waals surface area (Å²) in [5.41, 5.74) is 5.02. The molecule has 1 unspecified atom stereocenters. The molecular weight excluding hydrogens is 665 g/mol. The van der Waals surface area contributed by atoms with E-state index in [1.165, 1.54) is 16.7 Å². The zero-order chi connectivity index (χ0) is 35.8. The number of urea groups is 1. The van der Waals surface area contributed by atoms with Crippen LogP contribution >= 0.6 is 0 Å². The molecule has 2 N–H and O–H groups in total. The summed E-state index contributed by atoms with van der Waals surface area (Å²) in [7, 11) is -0.0542. The fourth-order valence-electron chi connectivity index (χ4n) is 9.04. The molecule has 51 heavy (non-hydrogen) atoms. The topological polar surface area (TPSA) is 119 Å². The number of rotatable bonds is 5. The van der Waals surface area contributed by atoms with Crippen LogP contribution in [0.1, 0.15) is 78.9 Å². The molecule has 0 aromatic heterocycles. The minimum Gasteiger partial charge on any atom is -0.490 e. The Kier molecular flexibility index (Phi) is 10.5. The molecule has 2 heterocycles. The number of amides is 3. The van der Waals surface area contributed by atoms with E-state index in [1.807, 2.05) is 19.1 Å². The van der Waals surface area contributed by atoms with E-state index < -0.39 is 21.9 Å². The van der Waals surface area contributed by atoms with E-state index in [-0.39, 0.29) is 35.1 Å². The maximum Gasteiger partial charge on any atom is 0.327 e. The zero-order valence-electron chi connectivity index (χ0n) is 30.5. The van der Waals surface area contributed by atoms with E-state index >= 15 is 0 Å². The average molecular weight is 719 g/mol. The largest absolute Gasteiger partial charge is 0.490 e. The van der Waals surface area contributed by atoms with Crippen LogP contribution in [0.4, 0.5) is 10.5 Å². The molecule has 2 aromatic carbocycles. The van der Waals surface area contributed by atoms with Crippen LogP contribution in [0, 0.1) is 30.6 Å². The number of hydrogen-bond donors (Lipinski definition) is 2. The highest BCUT2D eigenvalue weighted by molar-refractivity contribution is 7.92. The fourth-order valence-corrected chi connectivity index (χ4v) is 10.9. The van der Waals surface area contributed by atoms with Crippen LogP contribution in [0.5, 0.6) is 5.75 Å². The van der Waals surface area contributed by atoms with Crippen molar-refractivity contribution in [1.29, 1.82) is 0 Å². The van der Waals surface area contributed by atoms with Gasteiger partial charge in [0.05, 0.1) is 30.8 Å². The third-order valence-electron chi connectivity index (χ3n) is 12.1. The molecular formula is C40H54N4O6S. The lowest BCUT2D eigenvalue weighted by Crippen LogP contribution is -2.53. The number of aryl methyl sites for hydroxylation is 2. The van der Waals surface area contributed by atoms with Crippen molar-refractivity contribution >= 4 is 27.5 Å². The van der Waals surface area contributed by atoms with E-state index in [9.17, 15) is 13.8 Å². The summed E-state index contributed by atoms with van der Waals surface area (Å²) < 4.78 is 39.5. The minimum atomic E-state index is -3.48. The Morgan fingerprint density at radius 2 is 2.00 bits per heavy atom. The molecule has 2 aliphatic heterocycles. The molecule has 10 nitrogen and oxygen atoms in total. The molecule has 2 aromatic rings. The van der Waals surface area contributed by atoms with Gasteiger partial charge in [-0.05, 0) is 105 Å². The van der Waals surface area contributed by atoms with Crippen LogP contribution in [-0.4, -0.2) is 74.6 Å². The third kappa shape index (κ3) is 7.57. The highest BCUT2D eigenvalue weighted by Crippen LogP contribution is 2.47. The number of fused-ring (bicyclic) bond motifs is 4. The van der Waals surface area contributed by atoms with Gasteiger partial charge in [-0.1, -0.05) is 42.8 Å². The Hall–Kier alpha value is -3.41. The number of anilines is 1. The molecule has 2 saturated carbocycles. The predicted octanol–water partition coefficient (Wildman–Crippen LogP) is 6.35. The number of hydrogen-bond acceptors (Lipinski definition) is 7. The molecule has 7 rings (SSSR count). The van der Waals surface area contributed by atoms with Gasteiger partial charge >= 0.3 is 6.03 Å². The summed E-state index contributed by atoms with van der Waals surface area (Å²) in [4.78, 5) is 29.7. The lowest BCUT2D eigenvalue weighted by molar-refractivity contribution is 0.0131. The lowest BCUT2D eigenvalue weighted by Gasteiger charge is -2.46. The quantitative estimate of drug-likeness (QED) is 0.346. The van der Waals surface area contributed by atoms with Gasteiger partial charge in [0.15, 0.2) is 0 Å². The van der Waals surface area contributed by atoms with Crippen molar-refractivity contribution in [2.45, 2.75) is 82.8 Å². The second-order valence-corrected chi connectivity index (χ2v) is 17.8. The number of ether oxygens (including phenoxy) is 3. The lowest BCUT2D eigenvalue weighted by atomic mass is 9.68. The highest BCUT2D eigenvalue weighted by Gasteiger charge is 2.44. The van der Waals surface area contributed by atoms with Crippen molar-refractivity contribution in [1.82, 2.24) is 10.0 Å².